The minimum Gasteiger partial charge on any atom is -0.439 e. The van der Waals surface area contributed by atoms with Crippen LogP contribution in [-0.4, -0.2) is 13.2 Å². The van der Waals surface area contributed by atoms with Crippen molar-refractivity contribution in [3.8, 4) is 11.9 Å². The molecule has 1 aromatic carbocycles. The van der Waals surface area contributed by atoms with Gasteiger partial charge in [0.15, 0.2) is 11.8 Å². The van der Waals surface area contributed by atoms with Crippen molar-refractivity contribution in [3.05, 3.63) is 65.9 Å². The van der Waals surface area contributed by atoms with Gasteiger partial charge >= 0.3 is 5.88 Å². The molecule has 4 heteroatoms. The lowest BCUT2D eigenvalue weighted by atomic mass is 10.1. The fourth-order valence-electron chi connectivity index (χ4n) is 2.80. The number of pyridine rings is 1. The summed E-state index contributed by atoms with van der Waals surface area (Å²) in [4.78, 5) is 5.34. The minimum atomic E-state index is 0.378. The van der Waals surface area contributed by atoms with Gasteiger partial charge in [-0.15, -0.1) is 0 Å². The molecule has 0 bridgehead atoms. The zero-order chi connectivity index (χ0) is 15.4. The third-order valence-electron chi connectivity index (χ3n) is 3.79. The Hall–Kier alpha value is -2.80. The molecule has 0 aliphatic carbocycles. The molecule has 110 valence electrons. The lowest BCUT2D eigenvalue weighted by Crippen LogP contribution is -2.22. The third-order valence-corrected chi connectivity index (χ3v) is 3.79. The first kappa shape index (κ1) is 14.2. The van der Waals surface area contributed by atoms with Gasteiger partial charge in [0.2, 0.25) is 0 Å². The summed E-state index contributed by atoms with van der Waals surface area (Å²) in [5, 5.41) is 9.56. The van der Waals surface area contributed by atoms with Crippen molar-refractivity contribution < 1.29 is 9.72 Å². The van der Waals surface area contributed by atoms with E-state index in [0.717, 1.165) is 25.2 Å². The standard InChI is InChI=1S/C18H17N3O/c1-2-10-22-18-16(11-19)17-15(12-20-18)8-9-21(17)13-14-6-4-3-5-7-14/h2-7,12H,1,8-10,13H2/p+1. The molecule has 1 aromatic heterocycles. The molecule has 1 aliphatic rings. The lowest BCUT2D eigenvalue weighted by Gasteiger charge is -2.20. The Bertz CT molecular complexity index is 719. The van der Waals surface area contributed by atoms with Gasteiger partial charge in [-0.05, 0) is 12.0 Å². The summed E-state index contributed by atoms with van der Waals surface area (Å²) in [7, 11) is 0. The van der Waals surface area contributed by atoms with Crippen LogP contribution in [-0.2, 0) is 13.0 Å². The Morgan fingerprint density at radius 1 is 1.36 bits per heavy atom. The number of aromatic amines is 1. The number of nitrogens with one attached hydrogen (secondary N) is 1. The second-order valence-corrected chi connectivity index (χ2v) is 5.24. The number of aromatic nitrogens is 1. The maximum absolute atomic E-state index is 9.56. The molecule has 0 spiro atoms. The van der Waals surface area contributed by atoms with Crippen LogP contribution >= 0.6 is 0 Å². The van der Waals surface area contributed by atoms with E-state index in [1.807, 2.05) is 24.4 Å². The van der Waals surface area contributed by atoms with Gasteiger partial charge in [-0.3, -0.25) is 0 Å². The van der Waals surface area contributed by atoms with Gasteiger partial charge in [-0.25, -0.2) is 0 Å². The molecule has 1 N–H and O–H groups in total. The number of nitriles is 1. The Morgan fingerprint density at radius 3 is 2.91 bits per heavy atom. The normalized spacial score (nSPS) is 12.6. The fraction of sp³-hybridized carbons (Fsp3) is 0.222. The highest BCUT2D eigenvalue weighted by Gasteiger charge is 2.29. The molecule has 0 saturated heterocycles. The largest absolute Gasteiger partial charge is 0.439 e. The summed E-state index contributed by atoms with van der Waals surface area (Å²) in [6.07, 6.45) is 4.55. The average molecular weight is 292 g/mol. The van der Waals surface area contributed by atoms with Gasteiger partial charge in [0.05, 0.1) is 5.69 Å². The summed E-state index contributed by atoms with van der Waals surface area (Å²) in [5.41, 5.74) is 3.97. The number of hydrogen-bond donors (Lipinski definition) is 0. The minimum absolute atomic E-state index is 0.378. The maximum Gasteiger partial charge on any atom is 0.387 e. The Morgan fingerprint density at radius 2 is 2.18 bits per heavy atom. The summed E-state index contributed by atoms with van der Waals surface area (Å²) in [5.74, 6) is 0.515. The molecule has 22 heavy (non-hydrogen) atoms. The SMILES string of the molecule is C=CCOc1[nH+]cc2c(c1C#N)N(Cc1ccccc1)CC2. The first-order chi connectivity index (χ1) is 10.8. The second kappa shape index (κ2) is 6.31. The molecule has 2 aromatic rings. The van der Waals surface area contributed by atoms with E-state index in [0.29, 0.717) is 18.1 Å². The highest BCUT2D eigenvalue weighted by Crippen LogP contribution is 2.34. The maximum atomic E-state index is 9.56. The van der Waals surface area contributed by atoms with Crippen molar-refractivity contribution in [2.45, 2.75) is 13.0 Å². The molecular weight excluding hydrogens is 274 g/mol. The predicted octanol–water partition coefficient (Wildman–Crippen LogP) is 2.50. The van der Waals surface area contributed by atoms with Crippen LogP contribution in [0.1, 0.15) is 16.7 Å². The van der Waals surface area contributed by atoms with Crippen LogP contribution in [0.15, 0.2) is 49.2 Å². The first-order valence-corrected chi connectivity index (χ1v) is 7.33. The molecule has 0 saturated carbocycles. The van der Waals surface area contributed by atoms with Gasteiger partial charge in [-0.1, -0.05) is 43.0 Å². The summed E-state index contributed by atoms with van der Waals surface area (Å²) in [6.45, 7) is 5.73. The quantitative estimate of drug-likeness (QED) is 0.796. The van der Waals surface area contributed by atoms with Gasteiger partial charge in [0.1, 0.15) is 12.7 Å². The van der Waals surface area contributed by atoms with Gasteiger partial charge in [0.25, 0.3) is 0 Å². The van der Waals surface area contributed by atoms with E-state index in [1.54, 1.807) is 6.08 Å². The van der Waals surface area contributed by atoms with Crippen LogP contribution in [0.5, 0.6) is 5.88 Å². The summed E-state index contributed by atoms with van der Waals surface area (Å²) in [6, 6.07) is 12.6. The molecule has 0 atom stereocenters. The third kappa shape index (κ3) is 2.66. The molecule has 0 fully saturated rings. The Labute approximate surface area is 130 Å². The number of nitrogens with zero attached hydrogens (tertiary/aromatic N) is 2. The molecule has 0 radical (unpaired) electrons. The van der Waals surface area contributed by atoms with Crippen molar-refractivity contribution >= 4 is 5.69 Å². The van der Waals surface area contributed by atoms with Crippen LogP contribution in [0, 0.1) is 11.3 Å². The highest BCUT2D eigenvalue weighted by molar-refractivity contribution is 5.68. The molecule has 4 nitrogen and oxygen atoms in total. The second-order valence-electron chi connectivity index (χ2n) is 5.24. The van der Waals surface area contributed by atoms with E-state index in [2.05, 4.69) is 34.7 Å². The summed E-state index contributed by atoms with van der Waals surface area (Å²) < 4.78 is 5.58. The van der Waals surface area contributed by atoms with Gasteiger partial charge in [0, 0.05) is 18.7 Å². The fourth-order valence-corrected chi connectivity index (χ4v) is 2.80. The number of anilines is 1. The number of rotatable bonds is 5. The number of fused-ring (bicyclic) bond motifs is 1. The van der Waals surface area contributed by atoms with Crippen molar-refractivity contribution in [3.63, 3.8) is 0 Å². The van der Waals surface area contributed by atoms with Crippen LogP contribution in [0.2, 0.25) is 0 Å². The topological polar surface area (TPSA) is 50.4 Å². The van der Waals surface area contributed by atoms with Crippen molar-refractivity contribution in [1.29, 1.82) is 5.26 Å². The van der Waals surface area contributed by atoms with Crippen molar-refractivity contribution in [2.24, 2.45) is 0 Å². The zero-order valence-electron chi connectivity index (χ0n) is 12.4. The van der Waals surface area contributed by atoms with Crippen LogP contribution in [0.4, 0.5) is 5.69 Å². The number of hydrogen-bond acceptors (Lipinski definition) is 3. The van der Waals surface area contributed by atoms with E-state index < -0.39 is 0 Å². The monoisotopic (exact) mass is 292 g/mol. The first-order valence-electron chi connectivity index (χ1n) is 7.33. The molecule has 0 amide bonds. The highest BCUT2D eigenvalue weighted by atomic mass is 16.5. The summed E-state index contributed by atoms with van der Waals surface area (Å²) >= 11 is 0. The molecule has 3 rings (SSSR count). The Kier molecular flexibility index (Phi) is 4.06. The predicted molar refractivity (Wildman–Crippen MR) is 84.6 cm³/mol. The van der Waals surface area contributed by atoms with Gasteiger partial charge in [-0.2, -0.15) is 10.2 Å². The van der Waals surface area contributed by atoms with Crippen LogP contribution < -0.4 is 14.6 Å². The number of H-pyrrole nitrogens is 1. The molecular formula is C18H18N3O+. The van der Waals surface area contributed by atoms with Crippen molar-refractivity contribution in [1.82, 2.24) is 0 Å². The Balaban J connectivity index is 1.94. The smallest absolute Gasteiger partial charge is 0.387 e. The van der Waals surface area contributed by atoms with E-state index in [4.69, 9.17) is 4.74 Å². The zero-order valence-corrected chi connectivity index (χ0v) is 12.4. The van der Waals surface area contributed by atoms with Gasteiger partial charge < -0.3 is 9.64 Å². The number of ether oxygens (including phenoxy) is 1. The van der Waals surface area contributed by atoms with Crippen molar-refractivity contribution in [2.75, 3.05) is 18.1 Å². The average Bonchev–Trinajstić information content (AvgIpc) is 2.96. The van der Waals surface area contributed by atoms with E-state index in [-0.39, 0.29) is 0 Å². The molecule has 1 aliphatic heterocycles. The van der Waals surface area contributed by atoms with Crippen LogP contribution in [0.25, 0.3) is 0 Å². The van der Waals surface area contributed by atoms with Crippen LogP contribution in [0.3, 0.4) is 0 Å². The molecule has 2 heterocycles. The lowest BCUT2D eigenvalue weighted by molar-refractivity contribution is -0.394. The van der Waals surface area contributed by atoms with E-state index in [1.165, 1.54) is 11.1 Å². The van der Waals surface area contributed by atoms with E-state index >= 15 is 0 Å². The molecule has 0 unspecified atom stereocenters. The number of benzene rings is 1. The van der Waals surface area contributed by atoms with E-state index in [9.17, 15) is 5.26 Å².